The molecule has 1 atom stereocenters. The molecular formula is C10H14ClN3O3S2. The van der Waals surface area contributed by atoms with Crippen LogP contribution in [0.25, 0.3) is 0 Å². The molecule has 9 heteroatoms. The Morgan fingerprint density at radius 2 is 2.16 bits per heavy atom. The minimum absolute atomic E-state index is 0.0450. The number of halogens is 1. The van der Waals surface area contributed by atoms with E-state index in [-0.39, 0.29) is 20.6 Å². The fourth-order valence-electron chi connectivity index (χ4n) is 1.49. The van der Waals surface area contributed by atoms with Crippen molar-refractivity contribution in [2.24, 2.45) is 0 Å². The number of aryl methyl sites for hydroxylation is 1. The summed E-state index contributed by atoms with van der Waals surface area (Å²) in [5.74, 6) is -0.320. The number of rotatable bonds is 5. The Morgan fingerprint density at radius 1 is 1.53 bits per heavy atom. The molecule has 1 unspecified atom stereocenters. The lowest BCUT2D eigenvalue weighted by molar-refractivity contribution is -0.122. The number of hydrogen-bond acceptors (Lipinski definition) is 5. The molecule has 0 aliphatic heterocycles. The topological polar surface area (TPSA) is 88.2 Å². The number of thiazole rings is 1. The van der Waals surface area contributed by atoms with Crippen LogP contribution in [0.2, 0.25) is 4.47 Å². The first-order valence-electron chi connectivity index (χ1n) is 5.75. The van der Waals surface area contributed by atoms with Crippen molar-refractivity contribution >= 4 is 38.9 Å². The van der Waals surface area contributed by atoms with E-state index >= 15 is 0 Å². The van der Waals surface area contributed by atoms with Crippen LogP contribution in [-0.2, 0) is 14.8 Å². The van der Waals surface area contributed by atoms with Crippen molar-refractivity contribution in [1.29, 1.82) is 0 Å². The third-order valence-electron chi connectivity index (χ3n) is 2.62. The van der Waals surface area contributed by atoms with Gasteiger partial charge in [-0.05, 0) is 26.7 Å². The summed E-state index contributed by atoms with van der Waals surface area (Å²) < 4.78 is 26.7. The quantitative estimate of drug-likeness (QED) is 0.847. The predicted octanol–water partition coefficient (Wildman–Crippen LogP) is 1.05. The smallest absolute Gasteiger partial charge is 0.252 e. The van der Waals surface area contributed by atoms with Crippen molar-refractivity contribution in [1.82, 2.24) is 15.0 Å². The maximum atomic E-state index is 12.1. The molecule has 0 saturated heterocycles. The van der Waals surface area contributed by atoms with Gasteiger partial charge in [-0.2, -0.15) is 4.72 Å². The molecule has 1 saturated carbocycles. The van der Waals surface area contributed by atoms with Crippen LogP contribution in [0.15, 0.2) is 4.21 Å². The molecule has 6 nitrogen and oxygen atoms in total. The summed E-state index contributed by atoms with van der Waals surface area (Å²) in [6.45, 7) is 3.07. The van der Waals surface area contributed by atoms with Gasteiger partial charge in [-0.3, -0.25) is 4.79 Å². The van der Waals surface area contributed by atoms with Crippen molar-refractivity contribution in [3.05, 3.63) is 10.2 Å². The fraction of sp³-hybridized carbons (Fsp3) is 0.600. The molecule has 1 amide bonds. The van der Waals surface area contributed by atoms with Crippen molar-refractivity contribution in [2.75, 3.05) is 0 Å². The molecule has 0 spiro atoms. The van der Waals surface area contributed by atoms with Crippen molar-refractivity contribution in [2.45, 2.75) is 43.0 Å². The average Bonchev–Trinajstić information content (AvgIpc) is 3.02. The molecule has 19 heavy (non-hydrogen) atoms. The first-order valence-corrected chi connectivity index (χ1v) is 8.43. The van der Waals surface area contributed by atoms with Gasteiger partial charge >= 0.3 is 0 Å². The number of carbonyl (C=O) groups is 1. The highest BCUT2D eigenvalue weighted by molar-refractivity contribution is 7.91. The molecule has 2 N–H and O–H groups in total. The van der Waals surface area contributed by atoms with Crippen LogP contribution in [0, 0.1) is 6.92 Å². The van der Waals surface area contributed by atoms with Gasteiger partial charge in [0.05, 0.1) is 11.7 Å². The van der Waals surface area contributed by atoms with E-state index in [4.69, 9.17) is 11.6 Å². The van der Waals surface area contributed by atoms with Gasteiger partial charge in [0.25, 0.3) is 10.0 Å². The monoisotopic (exact) mass is 323 g/mol. The summed E-state index contributed by atoms with van der Waals surface area (Å²) in [5.41, 5.74) is 0.331. The highest BCUT2D eigenvalue weighted by atomic mass is 35.5. The standard InChI is InChI=1S/C10H14ClN3O3S2/c1-5(8(15)13-7-3-4-7)14-19(16,17)9-6(2)12-10(11)18-9/h5,7,14H,3-4H2,1-2H3,(H,13,15). The molecule has 2 rings (SSSR count). The number of nitrogens with zero attached hydrogens (tertiary/aromatic N) is 1. The Kier molecular flexibility index (Phi) is 4.14. The molecule has 0 aromatic carbocycles. The van der Waals surface area contributed by atoms with E-state index < -0.39 is 16.1 Å². The van der Waals surface area contributed by atoms with E-state index in [1.165, 1.54) is 6.92 Å². The van der Waals surface area contributed by atoms with Gasteiger partial charge in [0.1, 0.15) is 0 Å². The second-order valence-electron chi connectivity index (χ2n) is 4.47. The summed E-state index contributed by atoms with van der Waals surface area (Å²) in [5, 5.41) is 2.74. The Hall–Kier alpha value is -0.700. The summed E-state index contributed by atoms with van der Waals surface area (Å²) >= 11 is 6.56. The van der Waals surface area contributed by atoms with Gasteiger partial charge in [-0.1, -0.05) is 22.9 Å². The lowest BCUT2D eigenvalue weighted by atomic mass is 10.3. The van der Waals surface area contributed by atoms with E-state index in [1.807, 2.05) is 0 Å². The SMILES string of the molecule is Cc1nc(Cl)sc1S(=O)(=O)NC(C)C(=O)NC1CC1. The Labute approximate surface area is 120 Å². The van der Waals surface area contributed by atoms with E-state index in [0.717, 1.165) is 24.2 Å². The number of sulfonamides is 1. The maximum Gasteiger partial charge on any atom is 0.252 e. The number of carbonyl (C=O) groups excluding carboxylic acids is 1. The highest BCUT2D eigenvalue weighted by Gasteiger charge is 2.29. The van der Waals surface area contributed by atoms with E-state index in [0.29, 0.717) is 5.69 Å². The van der Waals surface area contributed by atoms with E-state index in [2.05, 4.69) is 15.0 Å². The van der Waals surface area contributed by atoms with E-state index in [9.17, 15) is 13.2 Å². The highest BCUT2D eigenvalue weighted by Crippen LogP contribution is 2.26. The van der Waals surface area contributed by atoms with Crippen LogP contribution >= 0.6 is 22.9 Å². The summed E-state index contributed by atoms with van der Waals surface area (Å²) in [6.07, 6.45) is 1.91. The maximum absolute atomic E-state index is 12.1. The Bertz CT molecular complexity index is 595. The molecule has 1 heterocycles. The fourth-order valence-corrected chi connectivity index (χ4v) is 4.45. The van der Waals surface area contributed by atoms with Gasteiger partial charge in [0, 0.05) is 6.04 Å². The molecular weight excluding hydrogens is 310 g/mol. The zero-order chi connectivity index (χ0) is 14.2. The summed E-state index contributed by atoms with van der Waals surface area (Å²) in [7, 11) is -3.77. The van der Waals surface area contributed by atoms with Crippen LogP contribution < -0.4 is 10.0 Å². The largest absolute Gasteiger partial charge is 0.352 e. The molecule has 0 radical (unpaired) electrons. The van der Waals surface area contributed by atoms with Gasteiger partial charge in [0.15, 0.2) is 8.68 Å². The molecule has 106 valence electrons. The zero-order valence-corrected chi connectivity index (χ0v) is 12.8. The van der Waals surface area contributed by atoms with Gasteiger partial charge in [-0.15, -0.1) is 0 Å². The molecule has 1 aliphatic rings. The second kappa shape index (κ2) is 5.35. The normalized spacial score (nSPS) is 17.2. The molecule has 1 aliphatic carbocycles. The van der Waals surface area contributed by atoms with Gasteiger partial charge < -0.3 is 5.32 Å². The molecule has 1 fully saturated rings. The lowest BCUT2D eigenvalue weighted by Crippen LogP contribution is -2.45. The van der Waals surface area contributed by atoms with Crippen molar-refractivity contribution in [3.8, 4) is 0 Å². The van der Waals surface area contributed by atoms with Crippen LogP contribution in [0.4, 0.5) is 0 Å². The number of nitrogens with one attached hydrogen (secondary N) is 2. The van der Waals surface area contributed by atoms with Crippen molar-refractivity contribution < 1.29 is 13.2 Å². The van der Waals surface area contributed by atoms with Crippen molar-refractivity contribution in [3.63, 3.8) is 0 Å². The third-order valence-corrected chi connectivity index (χ3v) is 6.03. The first kappa shape index (κ1) is 14.7. The van der Waals surface area contributed by atoms with Crippen LogP contribution in [0.3, 0.4) is 0 Å². The van der Waals surface area contributed by atoms with Crippen LogP contribution in [0.5, 0.6) is 0 Å². The van der Waals surface area contributed by atoms with Crippen LogP contribution in [-0.4, -0.2) is 31.4 Å². The lowest BCUT2D eigenvalue weighted by Gasteiger charge is -2.13. The third kappa shape index (κ3) is 3.65. The molecule has 0 bridgehead atoms. The zero-order valence-electron chi connectivity index (χ0n) is 10.4. The number of hydrogen-bond donors (Lipinski definition) is 2. The minimum atomic E-state index is -3.77. The first-order chi connectivity index (χ1) is 8.79. The molecule has 1 aromatic rings. The number of aromatic nitrogens is 1. The summed E-state index contributed by atoms with van der Waals surface area (Å²) in [6, 6.07) is -0.634. The number of amides is 1. The minimum Gasteiger partial charge on any atom is -0.352 e. The predicted molar refractivity (Wildman–Crippen MR) is 72.8 cm³/mol. The Morgan fingerprint density at radius 3 is 2.63 bits per heavy atom. The molecule has 1 aromatic heterocycles. The van der Waals surface area contributed by atoms with Gasteiger partial charge in [-0.25, -0.2) is 13.4 Å². The van der Waals surface area contributed by atoms with E-state index in [1.54, 1.807) is 6.92 Å². The second-order valence-corrected chi connectivity index (χ2v) is 7.96. The average molecular weight is 324 g/mol. The Balaban J connectivity index is 2.07. The summed E-state index contributed by atoms with van der Waals surface area (Å²) in [4.78, 5) is 15.6. The van der Waals surface area contributed by atoms with Crippen LogP contribution in [0.1, 0.15) is 25.5 Å². The van der Waals surface area contributed by atoms with Gasteiger partial charge in [0.2, 0.25) is 5.91 Å².